The number of hydrogen-bond donors (Lipinski definition) is 0. The molecule has 0 saturated carbocycles. The molecule has 0 saturated heterocycles. The zero-order valence-corrected chi connectivity index (χ0v) is 29.7. The second-order valence-electron chi connectivity index (χ2n) is 14.0. The quantitative estimate of drug-likeness (QED) is 0.162. The summed E-state index contributed by atoms with van der Waals surface area (Å²) in [7, 11) is 0. The van der Waals surface area contributed by atoms with E-state index in [1.54, 1.807) is 0 Å². The summed E-state index contributed by atoms with van der Waals surface area (Å²) in [4.78, 5) is 0. The molecule has 0 aliphatic heterocycles. The summed E-state index contributed by atoms with van der Waals surface area (Å²) in [5.74, 6) is 0. The third-order valence-corrected chi connectivity index (χ3v) is 12.2. The van der Waals surface area contributed by atoms with Crippen molar-refractivity contribution >= 4 is 74.6 Å². The fourth-order valence-corrected chi connectivity index (χ4v) is 9.94. The molecule has 1 heteroatoms. The van der Waals surface area contributed by atoms with E-state index in [2.05, 4.69) is 194 Å². The van der Waals surface area contributed by atoms with E-state index in [0.717, 1.165) is 0 Å². The van der Waals surface area contributed by atoms with Gasteiger partial charge in [0.2, 0.25) is 0 Å². The van der Waals surface area contributed by atoms with E-state index in [1.807, 2.05) is 11.3 Å². The van der Waals surface area contributed by atoms with Crippen LogP contribution in [0.1, 0.15) is 0 Å². The molecule has 0 N–H and O–H groups in total. The van der Waals surface area contributed by atoms with Crippen molar-refractivity contribution in [1.82, 2.24) is 0 Å². The van der Waals surface area contributed by atoms with Crippen LogP contribution in [0, 0.1) is 0 Å². The molecule has 0 aliphatic rings. The molecule has 0 bridgehead atoms. The molecular weight excluding hydrogens is 657 g/mol. The van der Waals surface area contributed by atoms with Crippen LogP contribution < -0.4 is 0 Å². The smallest absolute Gasteiger partial charge is 0.0440 e. The zero-order valence-electron chi connectivity index (χ0n) is 28.9. The van der Waals surface area contributed by atoms with Crippen molar-refractivity contribution in [3.05, 3.63) is 194 Å². The molecule has 11 rings (SSSR count). The van der Waals surface area contributed by atoms with Crippen LogP contribution in [0.3, 0.4) is 0 Å². The summed E-state index contributed by atoms with van der Waals surface area (Å²) >= 11 is 1.90. The van der Waals surface area contributed by atoms with Gasteiger partial charge in [-0.05, 0) is 100 Å². The van der Waals surface area contributed by atoms with Crippen molar-refractivity contribution in [2.24, 2.45) is 0 Å². The molecule has 0 fully saturated rings. The molecule has 53 heavy (non-hydrogen) atoms. The molecular formula is C52H32S. The Morgan fingerprint density at radius 3 is 1.55 bits per heavy atom. The van der Waals surface area contributed by atoms with Gasteiger partial charge in [0, 0.05) is 25.7 Å². The highest BCUT2D eigenvalue weighted by atomic mass is 32.1. The topological polar surface area (TPSA) is 0 Å². The van der Waals surface area contributed by atoms with E-state index in [1.165, 1.54) is 108 Å². The lowest BCUT2D eigenvalue weighted by molar-refractivity contribution is 1.62. The molecule has 1 heterocycles. The minimum atomic E-state index is 1.22. The van der Waals surface area contributed by atoms with Gasteiger partial charge in [0.25, 0.3) is 0 Å². The third-order valence-electron chi connectivity index (χ3n) is 11.0. The van der Waals surface area contributed by atoms with Crippen LogP contribution in [0.25, 0.3) is 108 Å². The second-order valence-corrected chi connectivity index (χ2v) is 15.0. The highest BCUT2D eigenvalue weighted by molar-refractivity contribution is 7.26. The first-order chi connectivity index (χ1) is 26.3. The average Bonchev–Trinajstić information content (AvgIpc) is 3.61. The standard InChI is InChI=1S/C52H32S/c1-2-15-35-31-38(28-27-33(35)13-1)50-45-23-7-5-21-43(45)49(44-22-6-8-24-46(44)50)37-18-11-17-36(32-37)40-29-30-47-41-20-9-10-26-48(41)53-52(47)51(40)42-25-12-16-34-14-3-4-19-39(34)42/h1-32H. The molecule has 0 radical (unpaired) electrons. The maximum atomic E-state index is 2.42. The maximum absolute atomic E-state index is 2.42. The van der Waals surface area contributed by atoms with Crippen LogP contribution >= 0.6 is 11.3 Å². The highest BCUT2D eigenvalue weighted by Crippen LogP contribution is 2.48. The minimum absolute atomic E-state index is 1.22. The summed E-state index contributed by atoms with van der Waals surface area (Å²) in [6, 6.07) is 71.8. The molecule has 11 aromatic rings. The van der Waals surface area contributed by atoms with E-state index >= 15 is 0 Å². The fraction of sp³-hybridized carbons (Fsp3) is 0. The van der Waals surface area contributed by atoms with Gasteiger partial charge in [0.15, 0.2) is 0 Å². The summed E-state index contributed by atoms with van der Waals surface area (Å²) in [6.07, 6.45) is 0. The highest BCUT2D eigenvalue weighted by Gasteiger charge is 2.20. The monoisotopic (exact) mass is 688 g/mol. The average molecular weight is 689 g/mol. The minimum Gasteiger partial charge on any atom is -0.135 e. The lowest BCUT2D eigenvalue weighted by Crippen LogP contribution is -1.92. The second kappa shape index (κ2) is 12.0. The Morgan fingerprint density at radius 2 is 0.811 bits per heavy atom. The van der Waals surface area contributed by atoms with Crippen LogP contribution in [0.15, 0.2) is 194 Å². The van der Waals surface area contributed by atoms with E-state index in [0.29, 0.717) is 0 Å². The van der Waals surface area contributed by atoms with E-state index in [9.17, 15) is 0 Å². The van der Waals surface area contributed by atoms with E-state index in [-0.39, 0.29) is 0 Å². The van der Waals surface area contributed by atoms with Crippen LogP contribution in [-0.2, 0) is 0 Å². The van der Waals surface area contributed by atoms with Gasteiger partial charge in [-0.25, -0.2) is 0 Å². The zero-order chi connectivity index (χ0) is 34.9. The van der Waals surface area contributed by atoms with Crippen molar-refractivity contribution in [3.8, 4) is 44.5 Å². The first-order valence-electron chi connectivity index (χ1n) is 18.3. The molecule has 10 aromatic carbocycles. The Labute approximate surface area is 311 Å². The molecule has 1 aromatic heterocycles. The molecule has 0 amide bonds. The summed E-state index contributed by atoms with van der Waals surface area (Å²) in [5.41, 5.74) is 10.1. The van der Waals surface area contributed by atoms with E-state index < -0.39 is 0 Å². The largest absolute Gasteiger partial charge is 0.135 e. The van der Waals surface area contributed by atoms with Crippen molar-refractivity contribution in [2.75, 3.05) is 0 Å². The van der Waals surface area contributed by atoms with Crippen LogP contribution in [0.4, 0.5) is 0 Å². The predicted molar refractivity (Wildman–Crippen MR) is 231 cm³/mol. The van der Waals surface area contributed by atoms with Crippen LogP contribution in [0.5, 0.6) is 0 Å². The van der Waals surface area contributed by atoms with Gasteiger partial charge in [-0.2, -0.15) is 0 Å². The number of fused-ring (bicyclic) bond motifs is 7. The molecule has 0 spiro atoms. The van der Waals surface area contributed by atoms with Crippen molar-refractivity contribution < 1.29 is 0 Å². The lowest BCUT2D eigenvalue weighted by atomic mass is 9.84. The SMILES string of the molecule is c1cc(-c2ccc3c(sc4ccccc43)c2-c2cccc3ccccc23)cc(-c2c3ccccc3c(-c3ccc4ccccc4c3)c3ccccc23)c1. The molecule has 0 unspecified atom stereocenters. The Kier molecular flexibility index (Phi) is 6.83. The molecule has 246 valence electrons. The first-order valence-corrected chi connectivity index (χ1v) is 19.1. The first kappa shape index (κ1) is 30.1. The Morgan fingerprint density at radius 1 is 0.264 bits per heavy atom. The number of benzene rings is 10. The summed E-state index contributed by atoms with van der Waals surface area (Å²) in [5, 5.41) is 12.7. The van der Waals surface area contributed by atoms with E-state index in [4.69, 9.17) is 0 Å². The molecule has 0 atom stereocenters. The molecule has 0 nitrogen and oxygen atoms in total. The van der Waals surface area contributed by atoms with Crippen LogP contribution in [-0.4, -0.2) is 0 Å². The van der Waals surface area contributed by atoms with Crippen LogP contribution in [0.2, 0.25) is 0 Å². The van der Waals surface area contributed by atoms with Gasteiger partial charge in [-0.3, -0.25) is 0 Å². The van der Waals surface area contributed by atoms with Crippen molar-refractivity contribution in [2.45, 2.75) is 0 Å². The normalized spacial score (nSPS) is 11.8. The Hall–Kier alpha value is -6.54. The lowest BCUT2D eigenvalue weighted by Gasteiger charge is -2.19. The fourth-order valence-electron chi connectivity index (χ4n) is 8.68. The van der Waals surface area contributed by atoms with Gasteiger partial charge in [-0.15, -0.1) is 11.3 Å². The van der Waals surface area contributed by atoms with Gasteiger partial charge in [0.05, 0.1) is 0 Å². The van der Waals surface area contributed by atoms with Gasteiger partial charge in [0.1, 0.15) is 0 Å². The number of rotatable bonds is 4. The Balaban J connectivity index is 1.18. The van der Waals surface area contributed by atoms with Crippen molar-refractivity contribution in [1.29, 1.82) is 0 Å². The molecule has 0 aliphatic carbocycles. The number of thiophene rings is 1. The van der Waals surface area contributed by atoms with Crippen molar-refractivity contribution in [3.63, 3.8) is 0 Å². The van der Waals surface area contributed by atoms with Gasteiger partial charge >= 0.3 is 0 Å². The maximum Gasteiger partial charge on any atom is 0.0440 e. The predicted octanol–water partition coefficient (Wildman–Crippen LogP) is 15.3. The van der Waals surface area contributed by atoms with Gasteiger partial charge < -0.3 is 0 Å². The Bertz CT molecular complexity index is 3170. The summed E-state index contributed by atoms with van der Waals surface area (Å²) < 4.78 is 2.65. The number of hydrogen-bond acceptors (Lipinski definition) is 1. The van der Waals surface area contributed by atoms with Gasteiger partial charge in [-0.1, -0.05) is 176 Å². The third kappa shape index (κ3) is 4.75. The summed E-state index contributed by atoms with van der Waals surface area (Å²) in [6.45, 7) is 0.